The minimum Gasteiger partial charge on any atom is -0.341 e. The van der Waals surface area contributed by atoms with Crippen molar-refractivity contribution in [1.82, 2.24) is 14.7 Å². The Morgan fingerprint density at radius 1 is 0.951 bits per heavy atom. The molecule has 2 saturated heterocycles. The second-order valence-corrected chi connectivity index (χ2v) is 12.3. The molecule has 2 aliphatic rings. The zero-order chi connectivity index (χ0) is 30.1. The van der Waals surface area contributed by atoms with E-state index in [0.717, 1.165) is 6.07 Å². The standard InChI is InChI=1S/C30H35ClF5N3O2/c1-29(2,3)38-17-23(22-11-10-21(32)15-25(22)33)24(18-38)28(41)37-12-4-5-26(19-6-8-20(31)9-7-19)39(14-13-37)27(40)16-30(34,35)36/h6-11,15,23-24,26H,4-5,12-14,16-18H2,1-3H3. The molecule has 2 heterocycles. The number of likely N-dealkylation sites (tertiary alicyclic amines) is 1. The molecule has 0 N–H and O–H groups in total. The smallest absolute Gasteiger partial charge is 0.341 e. The summed E-state index contributed by atoms with van der Waals surface area (Å²) >= 11 is 6.00. The molecule has 0 saturated carbocycles. The van der Waals surface area contributed by atoms with Crippen molar-refractivity contribution in [3.8, 4) is 0 Å². The number of rotatable bonds is 4. The highest BCUT2D eigenvalue weighted by atomic mass is 35.5. The van der Waals surface area contributed by atoms with Gasteiger partial charge in [-0.1, -0.05) is 29.8 Å². The van der Waals surface area contributed by atoms with Gasteiger partial charge in [0.15, 0.2) is 0 Å². The summed E-state index contributed by atoms with van der Waals surface area (Å²) in [5, 5.41) is 0.470. The summed E-state index contributed by atoms with van der Waals surface area (Å²) in [6, 6.07) is 9.44. The van der Waals surface area contributed by atoms with Gasteiger partial charge >= 0.3 is 6.18 Å². The fourth-order valence-electron chi connectivity index (χ4n) is 5.90. The second-order valence-electron chi connectivity index (χ2n) is 11.9. The number of amides is 2. The number of hydrogen-bond acceptors (Lipinski definition) is 3. The quantitative estimate of drug-likeness (QED) is 0.373. The van der Waals surface area contributed by atoms with Crippen molar-refractivity contribution in [2.45, 2.75) is 63.7 Å². The lowest BCUT2D eigenvalue weighted by Crippen LogP contribution is -2.48. The number of alkyl halides is 3. The molecule has 2 fully saturated rings. The van der Waals surface area contributed by atoms with Gasteiger partial charge in [-0.05, 0) is 62.9 Å². The van der Waals surface area contributed by atoms with Crippen molar-refractivity contribution in [1.29, 1.82) is 0 Å². The van der Waals surface area contributed by atoms with Crippen LogP contribution in [-0.4, -0.2) is 71.0 Å². The minimum absolute atomic E-state index is 0.0388. The Balaban J connectivity index is 1.60. The Hall–Kier alpha value is -2.72. The molecule has 3 atom stereocenters. The summed E-state index contributed by atoms with van der Waals surface area (Å²) in [7, 11) is 0. The van der Waals surface area contributed by atoms with Crippen LogP contribution >= 0.6 is 11.6 Å². The summed E-state index contributed by atoms with van der Waals surface area (Å²) in [5.74, 6) is -3.90. The first-order valence-electron chi connectivity index (χ1n) is 13.7. The molecular formula is C30H35ClF5N3O2. The first kappa shape index (κ1) is 31.2. The van der Waals surface area contributed by atoms with Crippen molar-refractivity contribution in [3.63, 3.8) is 0 Å². The molecular weight excluding hydrogens is 565 g/mol. The monoisotopic (exact) mass is 599 g/mol. The molecule has 5 nitrogen and oxygen atoms in total. The molecule has 0 aliphatic carbocycles. The Morgan fingerprint density at radius 2 is 1.63 bits per heavy atom. The van der Waals surface area contributed by atoms with Crippen LogP contribution in [0.4, 0.5) is 22.0 Å². The number of nitrogens with zero attached hydrogens (tertiary/aromatic N) is 3. The lowest BCUT2D eigenvalue weighted by atomic mass is 9.87. The minimum atomic E-state index is -4.67. The summed E-state index contributed by atoms with van der Waals surface area (Å²) < 4.78 is 68.3. The van der Waals surface area contributed by atoms with Gasteiger partial charge in [0.1, 0.15) is 18.1 Å². The summed E-state index contributed by atoms with van der Waals surface area (Å²) in [6.45, 7) is 7.03. The van der Waals surface area contributed by atoms with Crippen molar-refractivity contribution >= 4 is 23.4 Å². The molecule has 4 rings (SSSR count). The van der Waals surface area contributed by atoms with Crippen LogP contribution in [0, 0.1) is 17.6 Å². The summed E-state index contributed by atoms with van der Waals surface area (Å²) in [4.78, 5) is 31.8. The van der Waals surface area contributed by atoms with Gasteiger partial charge in [-0.15, -0.1) is 0 Å². The second kappa shape index (κ2) is 12.3. The molecule has 2 aliphatic heterocycles. The van der Waals surface area contributed by atoms with Gasteiger partial charge in [-0.3, -0.25) is 14.5 Å². The highest BCUT2D eigenvalue weighted by Crippen LogP contribution is 2.39. The van der Waals surface area contributed by atoms with Gasteiger partial charge < -0.3 is 9.80 Å². The van der Waals surface area contributed by atoms with Gasteiger partial charge in [0, 0.05) is 55.3 Å². The Kier molecular flexibility index (Phi) is 9.33. The highest BCUT2D eigenvalue weighted by Gasteiger charge is 2.45. The Bertz CT molecular complexity index is 1250. The third-order valence-electron chi connectivity index (χ3n) is 8.08. The highest BCUT2D eigenvalue weighted by molar-refractivity contribution is 6.30. The van der Waals surface area contributed by atoms with Gasteiger partial charge in [0.2, 0.25) is 11.8 Å². The molecule has 224 valence electrons. The van der Waals surface area contributed by atoms with Crippen LogP contribution in [0.3, 0.4) is 0 Å². The lowest BCUT2D eigenvalue weighted by molar-refractivity contribution is -0.164. The van der Waals surface area contributed by atoms with Crippen LogP contribution in [-0.2, 0) is 9.59 Å². The van der Waals surface area contributed by atoms with E-state index in [9.17, 15) is 31.5 Å². The van der Waals surface area contributed by atoms with E-state index in [-0.39, 0.29) is 30.1 Å². The molecule has 11 heteroatoms. The topological polar surface area (TPSA) is 43.9 Å². The molecule has 2 amide bonds. The van der Waals surface area contributed by atoms with Crippen LogP contribution in [0.25, 0.3) is 0 Å². The molecule has 0 bridgehead atoms. The van der Waals surface area contributed by atoms with E-state index in [1.54, 1.807) is 29.2 Å². The first-order valence-corrected chi connectivity index (χ1v) is 14.1. The number of benzene rings is 2. The van der Waals surface area contributed by atoms with Crippen molar-refractivity contribution in [3.05, 3.63) is 70.2 Å². The maximum absolute atomic E-state index is 14.9. The van der Waals surface area contributed by atoms with Crippen LogP contribution in [0.5, 0.6) is 0 Å². The van der Waals surface area contributed by atoms with Crippen molar-refractivity contribution in [2.75, 3.05) is 32.7 Å². The van der Waals surface area contributed by atoms with E-state index in [4.69, 9.17) is 11.6 Å². The average Bonchev–Trinajstić information content (AvgIpc) is 3.29. The number of carbonyl (C=O) groups excluding carboxylic acids is 2. The van der Waals surface area contributed by atoms with Gasteiger partial charge in [-0.25, -0.2) is 8.78 Å². The fourth-order valence-corrected chi connectivity index (χ4v) is 6.03. The van der Waals surface area contributed by atoms with Gasteiger partial charge in [0.25, 0.3) is 0 Å². The van der Waals surface area contributed by atoms with E-state index in [2.05, 4.69) is 4.90 Å². The molecule has 0 radical (unpaired) electrons. The number of hydrogen-bond donors (Lipinski definition) is 0. The molecule has 41 heavy (non-hydrogen) atoms. The molecule has 2 aromatic carbocycles. The predicted octanol–water partition coefficient (Wildman–Crippen LogP) is 6.58. The van der Waals surface area contributed by atoms with E-state index in [1.807, 2.05) is 20.8 Å². The van der Waals surface area contributed by atoms with E-state index in [0.29, 0.717) is 43.1 Å². The average molecular weight is 600 g/mol. The number of carbonyl (C=O) groups is 2. The van der Waals surface area contributed by atoms with Crippen molar-refractivity contribution < 1.29 is 31.5 Å². The van der Waals surface area contributed by atoms with E-state index in [1.165, 1.54) is 17.0 Å². The zero-order valence-corrected chi connectivity index (χ0v) is 24.1. The van der Waals surface area contributed by atoms with Gasteiger partial charge in [-0.2, -0.15) is 13.2 Å². The normalized spacial score (nSPS) is 22.9. The molecule has 3 unspecified atom stereocenters. The van der Waals surface area contributed by atoms with Crippen LogP contribution in [0.2, 0.25) is 5.02 Å². The van der Waals surface area contributed by atoms with Gasteiger partial charge in [0.05, 0.1) is 12.0 Å². The SMILES string of the molecule is CC(C)(C)N1CC(C(=O)N2CCCC(c3ccc(Cl)cc3)N(C(=O)CC(F)(F)F)CC2)C(c2ccc(F)cc2F)C1. The van der Waals surface area contributed by atoms with E-state index >= 15 is 0 Å². The first-order chi connectivity index (χ1) is 19.1. The summed E-state index contributed by atoms with van der Waals surface area (Å²) in [6.07, 6.45) is -5.48. The van der Waals surface area contributed by atoms with Crippen LogP contribution in [0.1, 0.15) is 63.1 Å². The molecule has 2 aromatic rings. The maximum Gasteiger partial charge on any atom is 0.397 e. The number of halogens is 6. The zero-order valence-electron chi connectivity index (χ0n) is 23.4. The summed E-state index contributed by atoms with van der Waals surface area (Å²) in [5.41, 5.74) is 0.619. The third kappa shape index (κ3) is 7.57. The van der Waals surface area contributed by atoms with Crippen molar-refractivity contribution in [2.24, 2.45) is 5.92 Å². The maximum atomic E-state index is 14.9. The third-order valence-corrected chi connectivity index (χ3v) is 8.33. The Morgan fingerprint density at radius 3 is 2.24 bits per heavy atom. The molecule has 0 aromatic heterocycles. The fraction of sp³-hybridized carbons (Fsp3) is 0.533. The van der Waals surface area contributed by atoms with E-state index < -0.39 is 48.0 Å². The largest absolute Gasteiger partial charge is 0.397 e. The lowest BCUT2D eigenvalue weighted by Gasteiger charge is -2.38. The molecule has 0 spiro atoms. The predicted molar refractivity (Wildman–Crippen MR) is 146 cm³/mol. The Labute approximate surface area is 242 Å². The van der Waals surface area contributed by atoms with Crippen LogP contribution < -0.4 is 0 Å². The van der Waals surface area contributed by atoms with Crippen LogP contribution in [0.15, 0.2) is 42.5 Å².